The number of carbonyl (C=O) groups is 3. The third kappa shape index (κ3) is 5.76. The highest BCUT2D eigenvalue weighted by Gasteiger charge is 2.32. The van der Waals surface area contributed by atoms with Gasteiger partial charge < -0.3 is 15.0 Å². The molecule has 0 aromatic heterocycles. The molecule has 0 saturated carbocycles. The van der Waals surface area contributed by atoms with Crippen molar-refractivity contribution in [2.45, 2.75) is 39.2 Å². The monoisotopic (exact) mass is 403 g/mol. The van der Waals surface area contributed by atoms with Crippen molar-refractivity contribution in [2.24, 2.45) is 11.8 Å². The molecular formula is C21H26FN3O4. The van der Waals surface area contributed by atoms with E-state index in [9.17, 15) is 24.0 Å². The molecule has 1 aromatic rings. The molecule has 1 heterocycles. The topological polar surface area (TPSA) is 99.5 Å². The summed E-state index contributed by atoms with van der Waals surface area (Å²) in [6.07, 6.45) is 0.852. The van der Waals surface area contributed by atoms with Gasteiger partial charge in [-0.25, -0.2) is 4.39 Å². The van der Waals surface area contributed by atoms with Gasteiger partial charge in [0.25, 0.3) is 11.8 Å². The van der Waals surface area contributed by atoms with E-state index >= 15 is 0 Å². The number of amides is 2. The van der Waals surface area contributed by atoms with Crippen molar-refractivity contribution in [3.05, 3.63) is 35.6 Å². The van der Waals surface area contributed by atoms with E-state index < -0.39 is 35.8 Å². The van der Waals surface area contributed by atoms with E-state index in [1.165, 1.54) is 24.3 Å². The number of halogens is 1. The summed E-state index contributed by atoms with van der Waals surface area (Å²) in [6.45, 7) is 5.56. The number of nitrogens with one attached hydrogen (secondary N) is 1. The molecule has 0 spiro atoms. The molecule has 8 heteroatoms. The summed E-state index contributed by atoms with van der Waals surface area (Å²) in [5.74, 6) is -2.13. The van der Waals surface area contributed by atoms with Gasteiger partial charge in [0, 0.05) is 18.7 Å². The number of piperidine rings is 1. The molecule has 7 nitrogen and oxygen atoms in total. The molecule has 0 bridgehead atoms. The van der Waals surface area contributed by atoms with E-state index in [1.807, 2.05) is 13.8 Å². The number of carbonyl (C=O) groups excluding carboxylic acids is 3. The Hall–Kier alpha value is -2.95. The number of benzene rings is 1. The predicted octanol–water partition coefficient (Wildman–Crippen LogP) is 2.28. The highest BCUT2D eigenvalue weighted by atomic mass is 19.1. The highest BCUT2D eigenvalue weighted by molar-refractivity contribution is 5.94. The van der Waals surface area contributed by atoms with Gasteiger partial charge in [-0.05, 0) is 49.9 Å². The summed E-state index contributed by atoms with van der Waals surface area (Å²) in [5.41, 5.74) is -0.634. The number of esters is 1. The lowest BCUT2D eigenvalue weighted by atomic mass is 9.90. The Morgan fingerprint density at radius 1 is 1.28 bits per heavy atom. The second kappa shape index (κ2) is 9.50. The molecule has 1 aliphatic rings. The molecule has 2 rings (SSSR count). The van der Waals surface area contributed by atoms with Gasteiger partial charge in [-0.3, -0.25) is 14.4 Å². The van der Waals surface area contributed by atoms with E-state index in [2.05, 4.69) is 11.4 Å². The molecule has 0 unspecified atom stereocenters. The Labute approximate surface area is 169 Å². The summed E-state index contributed by atoms with van der Waals surface area (Å²) < 4.78 is 18.1. The lowest BCUT2D eigenvalue weighted by molar-refractivity contribution is -0.154. The minimum absolute atomic E-state index is 0.102. The van der Waals surface area contributed by atoms with Crippen LogP contribution in [0.5, 0.6) is 0 Å². The molecule has 1 saturated heterocycles. The largest absolute Gasteiger partial charge is 0.455 e. The van der Waals surface area contributed by atoms with Crippen molar-refractivity contribution in [2.75, 3.05) is 19.7 Å². The maximum Gasteiger partial charge on any atom is 0.309 e. The first-order chi connectivity index (χ1) is 13.7. The zero-order valence-electron chi connectivity index (χ0n) is 16.9. The van der Waals surface area contributed by atoms with Gasteiger partial charge in [-0.2, -0.15) is 5.26 Å². The van der Waals surface area contributed by atoms with Crippen molar-refractivity contribution in [3.63, 3.8) is 0 Å². The van der Waals surface area contributed by atoms with Crippen molar-refractivity contribution in [1.29, 1.82) is 5.26 Å². The fourth-order valence-electron chi connectivity index (χ4n) is 2.97. The van der Waals surface area contributed by atoms with Crippen molar-refractivity contribution in [3.8, 4) is 6.07 Å². The molecular weight excluding hydrogens is 377 g/mol. The first kappa shape index (κ1) is 22.3. The second-order valence-electron chi connectivity index (χ2n) is 7.70. The number of hydrogen-bond acceptors (Lipinski definition) is 5. The minimum Gasteiger partial charge on any atom is -0.455 e. The molecule has 156 valence electrons. The quantitative estimate of drug-likeness (QED) is 0.735. The van der Waals surface area contributed by atoms with Crippen LogP contribution in [0.15, 0.2) is 24.3 Å². The fourth-order valence-corrected chi connectivity index (χ4v) is 2.97. The van der Waals surface area contributed by atoms with Crippen LogP contribution in [0.1, 0.15) is 44.0 Å². The second-order valence-corrected chi connectivity index (χ2v) is 7.70. The van der Waals surface area contributed by atoms with Crippen LogP contribution in [0, 0.1) is 29.0 Å². The van der Waals surface area contributed by atoms with Gasteiger partial charge in [-0.15, -0.1) is 0 Å². The fraction of sp³-hybridized carbons (Fsp3) is 0.524. The van der Waals surface area contributed by atoms with Crippen molar-refractivity contribution in [1.82, 2.24) is 10.2 Å². The maximum absolute atomic E-state index is 13.0. The van der Waals surface area contributed by atoms with Gasteiger partial charge >= 0.3 is 5.97 Å². The number of hydrogen-bond donors (Lipinski definition) is 1. The molecule has 2 amide bonds. The number of ether oxygens (including phenoxy) is 1. The zero-order chi connectivity index (χ0) is 21.6. The Kier molecular flexibility index (Phi) is 7.32. The van der Waals surface area contributed by atoms with Crippen molar-refractivity contribution >= 4 is 17.8 Å². The van der Waals surface area contributed by atoms with Gasteiger partial charge in [0.1, 0.15) is 11.4 Å². The van der Waals surface area contributed by atoms with Crippen LogP contribution in [0.4, 0.5) is 4.39 Å². The minimum atomic E-state index is -1.03. The average molecular weight is 403 g/mol. The summed E-state index contributed by atoms with van der Waals surface area (Å²) in [4.78, 5) is 38.3. The molecule has 1 aliphatic heterocycles. The summed E-state index contributed by atoms with van der Waals surface area (Å²) in [7, 11) is 0. The highest BCUT2D eigenvalue weighted by Crippen LogP contribution is 2.21. The van der Waals surface area contributed by atoms with Gasteiger partial charge in [0.05, 0.1) is 12.0 Å². The maximum atomic E-state index is 13.0. The van der Waals surface area contributed by atoms with E-state index in [1.54, 1.807) is 11.8 Å². The van der Waals surface area contributed by atoms with Gasteiger partial charge in [-0.1, -0.05) is 13.8 Å². The Bertz CT molecular complexity index is 795. The Morgan fingerprint density at radius 3 is 2.38 bits per heavy atom. The summed E-state index contributed by atoms with van der Waals surface area (Å²) >= 11 is 0. The van der Waals surface area contributed by atoms with Crippen molar-refractivity contribution < 1.29 is 23.5 Å². The molecule has 29 heavy (non-hydrogen) atoms. The van der Waals surface area contributed by atoms with Crippen LogP contribution < -0.4 is 5.32 Å². The number of likely N-dealkylation sites (tertiary alicyclic amines) is 1. The normalized spacial score (nSPS) is 16.6. The average Bonchev–Trinajstić information content (AvgIpc) is 2.72. The van der Waals surface area contributed by atoms with Crippen LogP contribution in [0.25, 0.3) is 0 Å². The standard InChI is InChI=1S/C21H26FN3O4/c1-14(2)21(3,13-23)24-18(26)12-29-20(28)16-8-10-25(11-9-16)19(27)15-4-6-17(22)7-5-15/h4-7,14,16H,8-12H2,1-3H3,(H,24,26)/t21-/m1/s1. The van der Waals surface area contributed by atoms with E-state index in [4.69, 9.17) is 4.74 Å². The van der Waals surface area contributed by atoms with Crippen LogP contribution >= 0.6 is 0 Å². The number of nitrogens with zero attached hydrogens (tertiary/aromatic N) is 2. The molecule has 1 aromatic carbocycles. The summed E-state index contributed by atoms with van der Waals surface area (Å²) in [5, 5.41) is 11.8. The van der Waals surface area contributed by atoms with Crippen LogP contribution in [-0.2, 0) is 14.3 Å². The number of nitriles is 1. The van der Waals surface area contributed by atoms with Crippen LogP contribution in [0.3, 0.4) is 0 Å². The molecule has 1 fully saturated rings. The zero-order valence-corrected chi connectivity index (χ0v) is 16.9. The van der Waals surface area contributed by atoms with Gasteiger partial charge in [0.2, 0.25) is 0 Å². The molecule has 0 radical (unpaired) electrons. The van der Waals surface area contributed by atoms with E-state index in [-0.39, 0.29) is 11.8 Å². The molecule has 0 aliphatic carbocycles. The van der Waals surface area contributed by atoms with Gasteiger partial charge in [0.15, 0.2) is 6.61 Å². The van der Waals surface area contributed by atoms with Crippen LogP contribution in [-0.4, -0.2) is 47.9 Å². The van der Waals surface area contributed by atoms with Crippen LogP contribution in [0.2, 0.25) is 0 Å². The smallest absolute Gasteiger partial charge is 0.309 e. The van der Waals surface area contributed by atoms with E-state index in [0.29, 0.717) is 31.5 Å². The SMILES string of the molecule is CC(C)[C@@](C)(C#N)NC(=O)COC(=O)C1CCN(C(=O)c2ccc(F)cc2)CC1. The Balaban J connectivity index is 1.80. The first-order valence-electron chi connectivity index (χ1n) is 9.60. The molecule has 1 atom stereocenters. The van der Waals surface area contributed by atoms with E-state index in [0.717, 1.165) is 0 Å². The lowest BCUT2D eigenvalue weighted by Crippen LogP contribution is -2.50. The lowest BCUT2D eigenvalue weighted by Gasteiger charge is -2.31. The third-order valence-corrected chi connectivity index (χ3v) is 5.34. The summed E-state index contributed by atoms with van der Waals surface area (Å²) in [6, 6.07) is 7.40. The first-order valence-corrected chi connectivity index (χ1v) is 9.60. The number of rotatable bonds is 6. The third-order valence-electron chi connectivity index (χ3n) is 5.34. The predicted molar refractivity (Wildman–Crippen MR) is 103 cm³/mol. The Morgan fingerprint density at radius 2 is 1.86 bits per heavy atom. The molecule has 1 N–H and O–H groups in total.